The summed E-state index contributed by atoms with van der Waals surface area (Å²) in [4.78, 5) is 11.5. The molecule has 1 aromatic heterocycles. The van der Waals surface area contributed by atoms with Crippen molar-refractivity contribution in [3.63, 3.8) is 0 Å². The summed E-state index contributed by atoms with van der Waals surface area (Å²) in [6, 6.07) is 9.30. The van der Waals surface area contributed by atoms with Crippen LogP contribution in [0.3, 0.4) is 0 Å². The number of hydrogen-bond acceptors (Lipinski definition) is 3. The van der Waals surface area contributed by atoms with Crippen molar-refractivity contribution in [2.75, 3.05) is 0 Å². The molecule has 0 saturated heterocycles. The van der Waals surface area contributed by atoms with E-state index in [2.05, 4.69) is 35.9 Å². The Bertz CT molecular complexity index is 895. The lowest BCUT2D eigenvalue weighted by atomic mass is 9.67. The summed E-state index contributed by atoms with van der Waals surface area (Å²) in [6.07, 6.45) is 11.3. The molecule has 5 nitrogen and oxygen atoms in total. The number of nitrogens with two attached hydrogens (primary N) is 1. The highest BCUT2D eigenvalue weighted by Crippen LogP contribution is 2.42. The minimum atomic E-state index is -0.524. The summed E-state index contributed by atoms with van der Waals surface area (Å²) in [5, 5.41) is 15.9. The van der Waals surface area contributed by atoms with Crippen LogP contribution < -0.4 is 5.73 Å². The molecule has 148 valence electrons. The summed E-state index contributed by atoms with van der Waals surface area (Å²) in [6.45, 7) is 2.28. The second kappa shape index (κ2) is 7.58. The molecule has 5 heteroatoms. The number of nitrogens with zero attached hydrogens (tertiary/aromatic N) is 3. The van der Waals surface area contributed by atoms with Crippen molar-refractivity contribution in [1.82, 2.24) is 9.78 Å². The number of nitriles is 1. The van der Waals surface area contributed by atoms with Crippen molar-refractivity contribution in [2.24, 2.45) is 17.6 Å². The van der Waals surface area contributed by atoms with Gasteiger partial charge in [-0.05, 0) is 63.0 Å². The van der Waals surface area contributed by atoms with Crippen LogP contribution in [0.25, 0.3) is 10.9 Å². The average molecular weight is 379 g/mol. The number of primary amides is 1. The Hall–Kier alpha value is -2.35. The van der Waals surface area contributed by atoms with Crippen LogP contribution in [0.4, 0.5) is 0 Å². The van der Waals surface area contributed by atoms with Crippen molar-refractivity contribution in [3.05, 3.63) is 30.0 Å². The van der Waals surface area contributed by atoms with Crippen molar-refractivity contribution >= 4 is 16.8 Å². The van der Waals surface area contributed by atoms with E-state index in [4.69, 9.17) is 10.8 Å². The van der Waals surface area contributed by atoms with Crippen LogP contribution in [-0.4, -0.2) is 15.7 Å². The molecule has 2 aromatic rings. The lowest BCUT2D eigenvalue weighted by Gasteiger charge is -2.34. The zero-order valence-corrected chi connectivity index (χ0v) is 16.7. The van der Waals surface area contributed by atoms with Gasteiger partial charge in [0.05, 0.1) is 29.2 Å². The van der Waals surface area contributed by atoms with Gasteiger partial charge in [-0.2, -0.15) is 10.4 Å². The SMILES string of the molecule is CC(C1CCCCC1)n1ncc2ccc(C3(C#N)CCC(C(N)=O)CC3)cc21. The topological polar surface area (TPSA) is 84.7 Å². The molecule has 1 heterocycles. The lowest BCUT2D eigenvalue weighted by molar-refractivity contribution is -0.122. The third-order valence-electron chi connectivity index (χ3n) is 7.32. The fraction of sp³-hybridized carbons (Fsp3) is 0.609. The Kier molecular flexibility index (Phi) is 5.14. The third-order valence-corrected chi connectivity index (χ3v) is 7.32. The lowest BCUT2D eigenvalue weighted by Crippen LogP contribution is -2.35. The van der Waals surface area contributed by atoms with Crippen LogP contribution in [0.2, 0.25) is 0 Å². The van der Waals surface area contributed by atoms with Gasteiger partial charge in [-0.15, -0.1) is 0 Å². The van der Waals surface area contributed by atoms with E-state index in [1.54, 1.807) is 0 Å². The fourth-order valence-corrected chi connectivity index (χ4v) is 5.34. The molecule has 1 aromatic carbocycles. The molecule has 2 fully saturated rings. The minimum Gasteiger partial charge on any atom is -0.369 e. The first-order valence-corrected chi connectivity index (χ1v) is 10.7. The van der Waals surface area contributed by atoms with E-state index in [9.17, 15) is 10.1 Å². The van der Waals surface area contributed by atoms with E-state index < -0.39 is 5.41 Å². The minimum absolute atomic E-state index is 0.0953. The maximum Gasteiger partial charge on any atom is 0.220 e. The van der Waals surface area contributed by atoms with Crippen molar-refractivity contribution in [1.29, 1.82) is 5.26 Å². The zero-order chi connectivity index (χ0) is 19.7. The molecule has 28 heavy (non-hydrogen) atoms. The van der Waals surface area contributed by atoms with Gasteiger partial charge in [0.15, 0.2) is 0 Å². The highest BCUT2D eigenvalue weighted by Gasteiger charge is 2.39. The van der Waals surface area contributed by atoms with E-state index in [0.29, 0.717) is 37.6 Å². The van der Waals surface area contributed by atoms with Gasteiger partial charge in [0.2, 0.25) is 5.91 Å². The molecule has 0 aliphatic heterocycles. The molecule has 2 saturated carbocycles. The molecular formula is C23H30N4O. The predicted octanol–water partition coefficient (Wildman–Crippen LogP) is 4.61. The Morgan fingerprint density at radius 2 is 1.96 bits per heavy atom. The Morgan fingerprint density at radius 3 is 2.61 bits per heavy atom. The zero-order valence-electron chi connectivity index (χ0n) is 16.7. The first-order valence-electron chi connectivity index (χ1n) is 10.7. The molecule has 2 aliphatic rings. The summed E-state index contributed by atoms with van der Waals surface area (Å²) in [7, 11) is 0. The van der Waals surface area contributed by atoms with Crippen molar-refractivity contribution in [2.45, 2.75) is 76.2 Å². The number of aromatic nitrogens is 2. The molecule has 4 rings (SSSR count). The van der Waals surface area contributed by atoms with Gasteiger partial charge < -0.3 is 5.73 Å². The number of hydrogen-bond donors (Lipinski definition) is 1. The number of carbonyl (C=O) groups is 1. The van der Waals surface area contributed by atoms with E-state index in [1.807, 2.05) is 6.20 Å². The number of benzene rings is 1. The number of amides is 1. The molecule has 0 bridgehead atoms. The summed E-state index contributed by atoms with van der Waals surface area (Å²) in [5.41, 5.74) is 7.15. The number of carbonyl (C=O) groups excluding carboxylic acids is 1. The maximum atomic E-state index is 11.5. The van der Waals surface area contributed by atoms with Gasteiger partial charge in [0.25, 0.3) is 0 Å². The third kappa shape index (κ3) is 3.30. The van der Waals surface area contributed by atoms with E-state index in [0.717, 1.165) is 16.5 Å². The highest BCUT2D eigenvalue weighted by atomic mass is 16.1. The Labute approximate surface area is 166 Å². The van der Waals surface area contributed by atoms with Gasteiger partial charge in [-0.3, -0.25) is 9.48 Å². The smallest absolute Gasteiger partial charge is 0.220 e. The average Bonchev–Trinajstić information content (AvgIpc) is 3.17. The van der Waals surface area contributed by atoms with Crippen LogP contribution in [-0.2, 0) is 10.2 Å². The molecular weight excluding hydrogens is 348 g/mol. The van der Waals surface area contributed by atoms with Crippen LogP contribution >= 0.6 is 0 Å². The van der Waals surface area contributed by atoms with Gasteiger partial charge in [0.1, 0.15) is 0 Å². The first-order chi connectivity index (χ1) is 13.5. The summed E-state index contributed by atoms with van der Waals surface area (Å²) in [5.74, 6) is 0.347. The van der Waals surface area contributed by atoms with Crippen LogP contribution in [0, 0.1) is 23.2 Å². The largest absolute Gasteiger partial charge is 0.369 e. The normalized spacial score (nSPS) is 27.4. The molecule has 2 aliphatic carbocycles. The molecule has 1 unspecified atom stereocenters. The maximum absolute atomic E-state index is 11.5. The summed E-state index contributed by atoms with van der Waals surface area (Å²) < 4.78 is 2.18. The quantitative estimate of drug-likeness (QED) is 0.843. The Morgan fingerprint density at radius 1 is 1.25 bits per heavy atom. The molecule has 1 amide bonds. The van der Waals surface area contributed by atoms with Crippen LogP contribution in [0.15, 0.2) is 24.4 Å². The molecule has 1 atom stereocenters. The van der Waals surface area contributed by atoms with Gasteiger partial charge in [-0.1, -0.05) is 31.4 Å². The van der Waals surface area contributed by atoms with E-state index >= 15 is 0 Å². The predicted molar refractivity (Wildman–Crippen MR) is 109 cm³/mol. The van der Waals surface area contributed by atoms with Gasteiger partial charge >= 0.3 is 0 Å². The standard InChI is InChI=1S/C23H30N4O/c1-16(17-5-3-2-4-6-17)27-21-13-20(8-7-19(21)14-26-27)23(15-24)11-9-18(10-12-23)22(25)28/h7-8,13-14,16-18H,2-6,9-12H2,1H3,(H2,25,28). The Balaban J connectivity index is 1.65. The first kappa shape index (κ1) is 19.0. The molecule has 2 N–H and O–H groups in total. The van der Waals surface area contributed by atoms with Crippen molar-refractivity contribution in [3.8, 4) is 6.07 Å². The van der Waals surface area contributed by atoms with E-state index in [1.165, 1.54) is 32.1 Å². The highest BCUT2D eigenvalue weighted by molar-refractivity contribution is 5.80. The van der Waals surface area contributed by atoms with Gasteiger partial charge in [-0.25, -0.2) is 0 Å². The number of fused-ring (bicyclic) bond motifs is 1. The second-order valence-corrected chi connectivity index (χ2v) is 8.87. The van der Waals surface area contributed by atoms with E-state index in [-0.39, 0.29) is 11.8 Å². The molecule has 0 spiro atoms. The van der Waals surface area contributed by atoms with Gasteiger partial charge in [0, 0.05) is 11.3 Å². The second-order valence-electron chi connectivity index (χ2n) is 8.87. The fourth-order valence-electron chi connectivity index (χ4n) is 5.34. The summed E-state index contributed by atoms with van der Waals surface area (Å²) >= 11 is 0. The van der Waals surface area contributed by atoms with Crippen LogP contribution in [0.1, 0.15) is 76.3 Å². The monoisotopic (exact) mass is 378 g/mol. The molecule has 0 radical (unpaired) electrons. The van der Waals surface area contributed by atoms with Crippen LogP contribution in [0.5, 0.6) is 0 Å². The van der Waals surface area contributed by atoms with Crippen molar-refractivity contribution < 1.29 is 4.79 Å². The number of rotatable bonds is 4.